The number of nitrogens with zero attached hydrogens (tertiary/aromatic N) is 1. The molecule has 0 aliphatic heterocycles. The molecule has 0 saturated heterocycles. The molecule has 0 unspecified atom stereocenters. The molecule has 1 aromatic heterocycles. The van der Waals surface area contributed by atoms with Gasteiger partial charge in [0.1, 0.15) is 0 Å². The van der Waals surface area contributed by atoms with Crippen LogP contribution in [0, 0.1) is 6.92 Å². The summed E-state index contributed by atoms with van der Waals surface area (Å²) >= 11 is 1.70. The predicted molar refractivity (Wildman–Crippen MR) is 104 cm³/mol. The molecule has 25 heavy (non-hydrogen) atoms. The summed E-state index contributed by atoms with van der Waals surface area (Å²) < 4.78 is 0. The molecule has 0 fully saturated rings. The van der Waals surface area contributed by atoms with Gasteiger partial charge >= 0.3 is 0 Å². The minimum absolute atomic E-state index is 0.115. The molecule has 1 N–H and O–H groups in total. The predicted octanol–water partition coefficient (Wildman–Crippen LogP) is 4.71. The zero-order valence-corrected chi connectivity index (χ0v) is 15.1. The van der Waals surface area contributed by atoms with Gasteiger partial charge in [0.05, 0.1) is 5.56 Å². The van der Waals surface area contributed by atoms with E-state index < -0.39 is 0 Å². The molecule has 126 valence electrons. The molecule has 0 bridgehead atoms. The van der Waals surface area contributed by atoms with E-state index in [2.05, 4.69) is 41.5 Å². The lowest BCUT2D eigenvalue weighted by atomic mass is 10.0. The summed E-state index contributed by atoms with van der Waals surface area (Å²) in [7, 11) is 0. The highest BCUT2D eigenvalue weighted by molar-refractivity contribution is 7.98. The van der Waals surface area contributed by atoms with Crippen molar-refractivity contribution in [1.82, 2.24) is 10.3 Å². The van der Waals surface area contributed by atoms with Gasteiger partial charge in [-0.15, -0.1) is 11.8 Å². The number of amides is 1. The molecule has 0 spiro atoms. The van der Waals surface area contributed by atoms with Crippen molar-refractivity contribution < 1.29 is 4.79 Å². The van der Waals surface area contributed by atoms with Crippen molar-refractivity contribution in [1.29, 1.82) is 0 Å². The van der Waals surface area contributed by atoms with E-state index in [4.69, 9.17) is 0 Å². The van der Waals surface area contributed by atoms with Crippen molar-refractivity contribution in [3.8, 4) is 11.1 Å². The van der Waals surface area contributed by atoms with Gasteiger partial charge in [0.2, 0.25) is 0 Å². The first-order valence-electron chi connectivity index (χ1n) is 8.09. The number of benzene rings is 2. The molecule has 2 aromatic carbocycles. The van der Waals surface area contributed by atoms with Gasteiger partial charge < -0.3 is 5.32 Å². The summed E-state index contributed by atoms with van der Waals surface area (Å²) in [6.45, 7) is 2.56. The standard InChI is InChI=1S/C21H20N2OS/c1-15-3-7-17(8-4-15)18-11-19(14-22-13-18)21(24)23-12-16-5-9-20(25-2)10-6-16/h3-11,13-14H,12H2,1-2H3,(H,23,24). The van der Waals surface area contributed by atoms with Crippen LogP contribution in [0.3, 0.4) is 0 Å². The number of nitrogens with one attached hydrogen (secondary N) is 1. The third-order valence-electron chi connectivity index (χ3n) is 4.00. The first kappa shape index (κ1) is 17.2. The third kappa shape index (κ3) is 4.48. The van der Waals surface area contributed by atoms with E-state index in [1.807, 2.05) is 36.6 Å². The fraction of sp³-hybridized carbons (Fsp3) is 0.143. The Balaban J connectivity index is 1.69. The van der Waals surface area contributed by atoms with E-state index in [0.717, 1.165) is 16.7 Å². The van der Waals surface area contributed by atoms with Crippen LogP contribution in [0.15, 0.2) is 71.9 Å². The normalized spacial score (nSPS) is 10.5. The van der Waals surface area contributed by atoms with Gasteiger partial charge in [-0.25, -0.2) is 0 Å². The molecule has 3 nitrogen and oxygen atoms in total. The maximum absolute atomic E-state index is 12.4. The van der Waals surface area contributed by atoms with E-state index >= 15 is 0 Å². The molecule has 0 radical (unpaired) electrons. The number of rotatable bonds is 5. The second-order valence-electron chi connectivity index (χ2n) is 5.86. The molecule has 4 heteroatoms. The number of carbonyl (C=O) groups excluding carboxylic acids is 1. The maximum Gasteiger partial charge on any atom is 0.253 e. The van der Waals surface area contributed by atoms with Crippen LogP contribution in [0.4, 0.5) is 0 Å². The van der Waals surface area contributed by atoms with Crippen LogP contribution < -0.4 is 5.32 Å². The smallest absolute Gasteiger partial charge is 0.253 e. The van der Waals surface area contributed by atoms with Gasteiger partial charge in [0.15, 0.2) is 0 Å². The van der Waals surface area contributed by atoms with Gasteiger partial charge in [0.25, 0.3) is 5.91 Å². The molecule has 0 saturated carbocycles. The van der Waals surface area contributed by atoms with Gasteiger partial charge in [-0.05, 0) is 42.5 Å². The van der Waals surface area contributed by atoms with Crippen molar-refractivity contribution in [3.05, 3.63) is 83.7 Å². The number of hydrogen-bond donors (Lipinski definition) is 1. The topological polar surface area (TPSA) is 42.0 Å². The summed E-state index contributed by atoms with van der Waals surface area (Å²) in [5.41, 5.74) is 4.85. The van der Waals surface area contributed by atoms with Gasteiger partial charge in [-0.2, -0.15) is 0 Å². The Morgan fingerprint density at radius 1 is 1.00 bits per heavy atom. The Bertz CT molecular complexity index is 858. The highest BCUT2D eigenvalue weighted by Crippen LogP contribution is 2.20. The van der Waals surface area contributed by atoms with E-state index in [0.29, 0.717) is 12.1 Å². The summed E-state index contributed by atoms with van der Waals surface area (Å²) in [6, 6.07) is 18.3. The van der Waals surface area contributed by atoms with E-state index in [1.54, 1.807) is 24.2 Å². The van der Waals surface area contributed by atoms with Crippen LogP contribution in [0.5, 0.6) is 0 Å². The fourth-order valence-electron chi connectivity index (χ4n) is 2.50. The van der Waals surface area contributed by atoms with Gasteiger partial charge in [0, 0.05) is 29.4 Å². The minimum atomic E-state index is -0.115. The number of carbonyl (C=O) groups is 1. The molecule has 3 rings (SSSR count). The van der Waals surface area contributed by atoms with Crippen molar-refractivity contribution in [3.63, 3.8) is 0 Å². The van der Waals surface area contributed by atoms with Crippen LogP contribution in [0.2, 0.25) is 0 Å². The number of aromatic nitrogens is 1. The molecule has 0 aliphatic carbocycles. The summed E-state index contributed by atoms with van der Waals surface area (Å²) in [6.07, 6.45) is 5.43. The summed E-state index contributed by atoms with van der Waals surface area (Å²) in [4.78, 5) is 17.9. The number of pyridine rings is 1. The molecule has 1 amide bonds. The third-order valence-corrected chi connectivity index (χ3v) is 4.74. The number of hydrogen-bond acceptors (Lipinski definition) is 3. The zero-order chi connectivity index (χ0) is 17.6. The molecule has 3 aromatic rings. The highest BCUT2D eigenvalue weighted by atomic mass is 32.2. The Kier molecular flexibility index (Phi) is 5.51. The Morgan fingerprint density at radius 2 is 1.72 bits per heavy atom. The van der Waals surface area contributed by atoms with Crippen molar-refractivity contribution in [2.45, 2.75) is 18.4 Å². The number of aryl methyl sites for hydroxylation is 1. The lowest BCUT2D eigenvalue weighted by Gasteiger charge is -2.08. The Morgan fingerprint density at radius 3 is 2.40 bits per heavy atom. The quantitative estimate of drug-likeness (QED) is 0.679. The van der Waals surface area contributed by atoms with Crippen molar-refractivity contribution in [2.24, 2.45) is 0 Å². The molecular weight excluding hydrogens is 328 g/mol. The highest BCUT2D eigenvalue weighted by Gasteiger charge is 2.08. The van der Waals surface area contributed by atoms with Gasteiger partial charge in [-0.1, -0.05) is 42.0 Å². The first-order valence-corrected chi connectivity index (χ1v) is 9.31. The Labute approximate surface area is 152 Å². The second-order valence-corrected chi connectivity index (χ2v) is 6.74. The Hall–Kier alpha value is -2.59. The van der Waals surface area contributed by atoms with Crippen LogP contribution in [0.25, 0.3) is 11.1 Å². The minimum Gasteiger partial charge on any atom is -0.348 e. The van der Waals surface area contributed by atoms with Crippen LogP contribution in [0.1, 0.15) is 21.5 Å². The van der Waals surface area contributed by atoms with E-state index in [1.165, 1.54) is 10.5 Å². The van der Waals surface area contributed by atoms with E-state index in [9.17, 15) is 4.79 Å². The lowest BCUT2D eigenvalue weighted by Crippen LogP contribution is -2.22. The van der Waals surface area contributed by atoms with Crippen molar-refractivity contribution >= 4 is 17.7 Å². The SMILES string of the molecule is CSc1ccc(CNC(=O)c2cncc(-c3ccc(C)cc3)c2)cc1. The average Bonchev–Trinajstić information content (AvgIpc) is 2.67. The summed E-state index contributed by atoms with van der Waals surface area (Å²) in [5, 5.41) is 2.95. The van der Waals surface area contributed by atoms with Crippen LogP contribution >= 0.6 is 11.8 Å². The monoisotopic (exact) mass is 348 g/mol. The largest absolute Gasteiger partial charge is 0.348 e. The van der Waals surface area contributed by atoms with Crippen molar-refractivity contribution in [2.75, 3.05) is 6.26 Å². The lowest BCUT2D eigenvalue weighted by molar-refractivity contribution is 0.0950. The van der Waals surface area contributed by atoms with E-state index in [-0.39, 0.29) is 5.91 Å². The zero-order valence-electron chi connectivity index (χ0n) is 14.3. The molecule has 0 aliphatic rings. The van der Waals surface area contributed by atoms with Crippen LogP contribution in [-0.4, -0.2) is 17.1 Å². The maximum atomic E-state index is 12.4. The molecule has 1 heterocycles. The first-order chi connectivity index (χ1) is 12.2. The second kappa shape index (κ2) is 7.99. The summed E-state index contributed by atoms with van der Waals surface area (Å²) in [5.74, 6) is -0.115. The average molecular weight is 348 g/mol. The molecule has 0 atom stereocenters. The molecular formula is C21H20N2OS. The van der Waals surface area contributed by atoms with Gasteiger partial charge in [-0.3, -0.25) is 9.78 Å². The number of thioether (sulfide) groups is 1. The van der Waals surface area contributed by atoms with Crippen LogP contribution in [-0.2, 0) is 6.54 Å². The fourth-order valence-corrected chi connectivity index (χ4v) is 2.90.